The zero-order chi connectivity index (χ0) is 19.1. The van der Waals surface area contributed by atoms with Crippen LogP contribution in [0.3, 0.4) is 0 Å². The van der Waals surface area contributed by atoms with E-state index >= 15 is 0 Å². The Morgan fingerprint density at radius 2 is 1.54 bits per heavy atom. The standard InChI is InChI=1S/C21H27NO4/c1-14(2)16-7-9-17(10-8-16)22-20(23)11-6-15-12-18(24-3)21(26-5)19(13-15)25-4/h7-10,12-14H,6,11H2,1-5H3,(H,22,23). The van der Waals surface area contributed by atoms with Crippen molar-refractivity contribution in [3.63, 3.8) is 0 Å². The van der Waals surface area contributed by atoms with Crippen LogP contribution in [-0.4, -0.2) is 27.2 Å². The van der Waals surface area contributed by atoms with Crippen molar-refractivity contribution in [2.75, 3.05) is 26.6 Å². The van der Waals surface area contributed by atoms with Gasteiger partial charge in [-0.1, -0.05) is 26.0 Å². The zero-order valence-electron chi connectivity index (χ0n) is 16.1. The van der Waals surface area contributed by atoms with Gasteiger partial charge in [0.05, 0.1) is 21.3 Å². The molecule has 0 aliphatic carbocycles. The summed E-state index contributed by atoms with van der Waals surface area (Å²) in [5.74, 6) is 2.17. The number of nitrogens with one attached hydrogen (secondary N) is 1. The van der Waals surface area contributed by atoms with Gasteiger partial charge in [-0.15, -0.1) is 0 Å². The summed E-state index contributed by atoms with van der Waals surface area (Å²) in [4.78, 5) is 12.2. The van der Waals surface area contributed by atoms with Crippen LogP contribution in [0.1, 0.15) is 37.3 Å². The van der Waals surface area contributed by atoms with Crippen molar-refractivity contribution in [1.29, 1.82) is 0 Å². The second-order valence-corrected chi connectivity index (χ2v) is 6.36. The molecule has 2 aromatic carbocycles. The summed E-state index contributed by atoms with van der Waals surface area (Å²) in [5.41, 5.74) is 3.01. The Balaban J connectivity index is 2.00. The van der Waals surface area contributed by atoms with Crippen LogP contribution in [0.4, 0.5) is 5.69 Å². The number of aryl methyl sites for hydroxylation is 1. The minimum atomic E-state index is -0.0314. The Hall–Kier alpha value is -2.69. The number of amides is 1. The van der Waals surface area contributed by atoms with E-state index in [4.69, 9.17) is 14.2 Å². The number of hydrogen-bond donors (Lipinski definition) is 1. The van der Waals surface area contributed by atoms with Crippen LogP contribution in [0.2, 0.25) is 0 Å². The molecular weight excluding hydrogens is 330 g/mol. The lowest BCUT2D eigenvalue weighted by Gasteiger charge is -2.14. The first-order valence-corrected chi connectivity index (χ1v) is 8.67. The number of carbonyl (C=O) groups excluding carboxylic acids is 1. The van der Waals surface area contributed by atoms with Gasteiger partial charge in [-0.3, -0.25) is 4.79 Å². The van der Waals surface area contributed by atoms with E-state index in [2.05, 4.69) is 19.2 Å². The third-order valence-corrected chi connectivity index (χ3v) is 4.23. The van der Waals surface area contributed by atoms with Gasteiger partial charge in [0.1, 0.15) is 0 Å². The Labute approximate surface area is 155 Å². The van der Waals surface area contributed by atoms with Crippen LogP contribution in [0.5, 0.6) is 17.2 Å². The Morgan fingerprint density at radius 3 is 2.00 bits per heavy atom. The van der Waals surface area contributed by atoms with Crippen LogP contribution in [0, 0.1) is 0 Å². The number of rotatable bonds is 8. The van der Waals surface area contributed by atoms with Gasteiger partial charge >= 0.3 is 0 Å². The van der Waals surface area contributed by atoms with Gasteiger partial charge in [0, 0.05) is 12.1 Å². The molecule has 1 amide bonds. The van der Waals surface area contributed by atoms with E-state index in [0.717, 1.165) is 11.3 Å². The summed E-state index contributed by atoms with van der Waals surface area (Å²) >= 11 is 0. The average Bonchev–Trinajstić information content (AvgIpc) is 2.65. The average molecular weight is 357 g/mol. The van der Waals surface area contributed by atoms with E-state index in [-0.39, 0.29) is 5.91 Å². The van der Waals surface area contributed by atoms with Crippen LogP contribution >= 0.6 is 0 Å². The summed E-state index contributed by atoms with van der Waals surface area (Å²) in [6.07, 6.45) is 0.942. The highest BCUT2D eigenvalue weighted by atomic mass is 16.5. The van der Waals surface area contributed by atoms with E-state index in [0.29, 0.717) is 36.0 Å². The predicted molar refractivity (Wildman–Crippen MR) is 104 cm³/mol. The van der Waals surface area contributed by atoms with Crippen molar-refractivity contribution in [2.24, 2.45) is 0 Å². The first kappa shape index (κ1) is 19.6. The third kappa shape index (κ3) is 4.91. The lowest BCUT2D eigenvalue weighted by Crippen LogP contribution is -2.12. The SMILES string of the molecule is COc1cc(CCC(=O)Nc2ccc(C(C)C)cc2)cc(OC)c1OC. The molecule has 0 radical (unpaired) electrons. The lowest BCUT2D eigenvalue weighted by molar-refractivity contribution is -0.116. The van der Waals surface area contributed by atoms with E-state index in [1.165, 1.54) is 5.56 Å². The monoisotopic (exact) mass is 357 g/mol. The van der Waals surface area contributed by atoms with Gasteiger partial charge in [0.15, 0.2) is 11.5 Å². The fraction of sp³-hybridized carbons (Fsp3) is 0.381. The third-order valence-electron chi connectivity index (χ3n) is 4.23. The van der Waals surface area contributed by atoms with Gasteiger partial charge in [0.25, 0.3) is 0 Å². The first-order valence-electron chi connectivity index (χ1n) is 8.67. The van der Waals surface area contributed by atoms with Gasteiger partial charge in [-0.05, 0) is 47.7 Å². The van der Waals surface area contributed by atoms with Gasteiger partial charge in [-0.2, -0.15) is 0 Å². The molecule has 26 heavy (non-hydrogen) atoms. The molecular formula is C21H27NO4. The molecule has 140 valence electrons. The molecule has 2 aromatic rings. The molecule has 0 heterocycles. The van der Waals surface area contributed by atoms with Crippen LogP contribution in [0.15, 0.2) is 36.4 Å². The summed E-state index contributed by atoms with van der Waals surface area (Å²) < 4.78 is 16.0. The fourth-order valence-corrected chi connectivity index (χ4v) is 2.71. The predicted octanol–water partition coefficient (Wildman–Crippen LogP) is 4.41. The number of carbonyl (C=O) groups is 1. The molecule has 0 atom stereocenters. The maximum absolute atomic E-state index is 12.2. The Kier molecular flexibility index (Phi) is 6.89. The smallest absolute Gasteiger partial charge is 0.224 e. The Bertz CT molecular complexity index is 713. The number of ether oxygens (including phenoxy) is 3. The number of methoxy groups -OCH3 is 3. The largest absolute Gasteiger partial charge is 0.493 e. The molecule has 0 aliphatic rings. The highest BCUT2D eigenvalue weighted by molar-refractivity contribution is 5.90. The maximum atomic E-state index is 12.2. The quantitative estimate of drug-likeness (QED) is 0.760. The zero-order valence-corrected chi connectivity index (χ0v) is 16.1. The molecule has 5 nitrogen and oxygen atoms in total. The first-order chi connectivity index (χ1) is 12.5. The number of benzene rings is 2. The molecule has 0 aromatic heterocycles. The molecule has 0 saturated heterocycles. The summed E-state index contributed by atoms with van der Waals surface area (Å²) in [5, 5.41) is 2.93. The second kappa shape index (κ2) is 9.13. The molecule has 0 aliphatic heterocycles. The molecule has 0 fully saturated rings. The van der Waals surface area contributed by atoms with Crippen molar-refractivity contribution >= 4 is 11.6 Å². The molecule has 0 bridgehead atoms. The van der Waals surface area contributed by atoms with Crippen molar-refractivity contribution in [2.45, 2.75) is 32.6 Å². The van der Waals surface area contributed by atoms with Gasteiger partial charge < -0.3 is 19.5 Å². The minimum absolute atomic E-state index is 0.0314. The van der Waals surface area contributed by atoms with Crippen LogP contribution < -0.4 is 19.5 Å². The summed E-state index contributed by atoms with van der Waals surface area (Å²) in [7, 11) is 4.72. The molecule has 0 spiro atoms. The molecule has 5 heteroatoms. The molecule has 0 saturated carbocycles. The maximum Gasteiger partial charge on any atom is 0.224 e. The van der Waals surface area contributed by atoms with Crippen molar-refractivity contribution in [1.82, 2.24) is 0 Å². The molecule has 1 N–H and O–H groups in total. The van der Waals surface area contributed by atoms with E-state index < -0.39 is 0 Å². The van der Waals surface area contributed by atoms with E-state index in [1.807, 2.05) is 36.4 Å². The summed E-state index contributed by atoms with van der Waals surface area (Å²) in [6, 6.07) is 11.7. The van der Waals surface area contributed by atoms with Gasteiger partial charge in [-0.25, -0.2) is 0 Å². The highest BCUT2D eigenvalue weighted by Crippen LogP contribution is 2.38. The van der Waals surface area contributed by atoms with Crippen molar-refractivity contribution in [3.8, 4) is 17.2 Å². The van der Waals surface area contributed by atoms with Crippen molar-refractivity contribution < 1.29 is 19.0 Å². The fourth-order valence-electron chi connectivity index (χ4n) is 2.71. The highest BCUT2D eigenvalue weighted by Gasteiger charge is 2.14. The van der Waals surface area contributed by atoms with E-state index in [1.54, 1.807) is 21.3 Å². The minimum Gasteiger partial charge on any atom is -0.493 e. The van der Waals surface area contributed by atoms with Crippen LogP contribution in [0.25, 0.3) is 0 Å². The topological polar surface area (TPSA) is 56.8 Å². The second-order valence-electron chi connectivity index (χ2n) is 6.36. The summed E-state index contributed by atoms with van der Waals surface area (Å²) in [6.45, 7) is 4.29. The van der Waals surface area contributed by atoms with Gasteiger partial charge in [0.2, 0.25) is 11.7 Å². The van der Waals surface area contributed by atoms with Crippen LogP contribution in [-0.2, 0) is 11.2 Å². The van der Waals surface area contributed by atoms with Crippen molar-refractivity contribution in [3.05, 3.63) is 47.5 Å². The van der Waals surface area contributed by atoms with E-state index in [9.17, 15) is 4.79 Å². The molecule has 2 rings (SSSR count). The normalized spacial score (nSPS) is 10.5. The lowest BCUT2D eigenvalue weighted by atomic mass is 10.0. The molecule has 0 unspecified atom stereocenters. The number of anilines is 1. The Morgan fingerprint density at radius 1 is 0.962 bits per heavy atom. The number of hydrogen-bond acceptors (Lipinski definition) is 4.